The van der Waals surface area contributed by atoms with Crippen LogP contribution in [-0.4, -0.2) is 31.7 Å². The van der Waals surface area contributed by atoms with Gasteiger partial charge in [0.15, 0.2) is 5.65 Å². The number of rotatable bonds is 4. The molecule has 128 valence electrons. The van der Waals surface area contributed by atoms with E-state index in [1.807, 2.05) is 18.2 Å². The number of hydrogen-bond acceptors (Lipinski definition) is 4. The van der Waals surface area contributed by atoms with Crippen LogP contribution in [0.3, 0.4) is 0 Å². The van der Waals surface area contributed by atoms with Gasteiger partial charge in [0.05, 0.1) is 17.5 Å². The molecule has 4 rings (SSSR count). The molecule has 6 nitrogen and oxygen atoms in total. The van der Waals surface area contributed by atoms with Crippen molar-refractivity contribution in [2.45, 2.75) is 38.1 Å². The molecule has 1 fully saturated rings. The highest BCUT2D eigenvalue weighted by Gasteiger charge is 2.15. The highest BCUT2D eigenvalue weighted by Crippen LogP contribution is 2.24. The van der Waals surface area contributed by atoms with Crippen molar-refractivity contribution in [3.05, 3.63) is 48.2 Å². The second-order valence-electron chi connectivity index (χ2n) is 6.50. The predicted octanol–water partition coefficient (Wildman–Crippen LogP) is 3.84. The van der Waals surface area contributed by atoms with Crippen LogP contribution >= 0.6 is 0 Å². The Kier molecular flexibility index (Phi) is 4.09. The zero-order valence-corrected chi connectivity index (χ0v) is 13.9. The lowest BCUT2D eigenvalue weighted by molar-refractivity contribution is 0.0697. The lowest BCUT2D eigenvalue weighted by Gasteiger charge is -2.23. The summed E-state index contributed by atoms with van der Waals surface area (Å²) < 4.78 is 1.77. The molecule has 1 aliphatic carbocycles. The lowest BCUT2D eigenvalue weighted by Crippen LogP contribution is -2.23. The van der Waals surface area contributed by atoms with Crippen molar-refractivity contribution in [2.24, 2.45) is 0 Å². The number of benzene rings is 1. The smallest absolute Gasteiger partial charge is 0.335 e. The Morgan fingerprint density at radius 2 is 2.00 bits per heavy atom. The van der Waals surface area contributed by atoms with Crippen molar-refractivity contribution in [2.75, 3.05) is 5.32 Å². The van der Waals surface area contributed by atoms with Crippen LogP contribution in [-0.2, 0) is 0 Å². The van der Waals surface area contributed by atoms with Crippen molar-refractivity contribution in [3.8, 4) is 11.3 Å². The maximum Gasteiger partial charge on any atom is 0.335 e. The van der Waals surface area contributed by atoms with Crippen molar-refractivity contribution in [1.82, 2.24) is 14.6 Å². The van der Waals surface area contributed by atoms with Gasteiger partial charge in [0.2, 0.25) is 0 Å². The average molecular weight is 336 g/mol. The Bertz CT molecular complexity index is 913. The van der Waals surface area contributed by atoms with Gasteiger partial charge in [-0.15, -0.1) is 5.10 Å². The molecule has 0 amide bonds. The van der Waals surface area contributed by atoms with Crippen LogP contribution in [0.25, 0.3) is 16.9 Å². The number of fused-ring (bicyclic) bond motifs is 1. The van der Waals surface area contributed by atoms with E-state index >= 15 is 0 Å². The highest BCUT2D eigenvalue weighted by atomic mass is 16.4. The van der Waals surface area contributed by atoms with Gasteiger partial charge in [0.25, 0.3) is 0 Å². The molecule has 0 spiro atoms. The van der Waals surface area contributed by atoms with Gasteiger partial charge in [0.1, 0.15) is 5.82 Å². The molecule has 0 atom stereocenters. The molecule has 2 heterocycles. The quantitative estimate of drug-likeness (QED) is 0.757. The zero-order chi connectivity index (χ0) is 17.2. The van der Waals surface area contributed by atoms with E-state index in [4.69, 9.17) is 0 Å². The molecule has 0 radical (unpaired) electrons. The minimum atomic E-state index is -0.941. The third-order valence-electron chi connectivity index (χ3n) is 4.72. The molecule has 25 heavy (non-hydrogen) atoms. The number of nitrogens with zero attached hydrogens (tertiary/aromatic N) is 3. The first-order valence-electron chi connectivity index (χ1n) is 8.66. The Morgan fingerprint density at radius 1 is 1.16 bits per heavy atom. The standard InChI is InChI=1S/C19H20N4O2/c24-19(25)14-6-4-5-13(11-14)16-12-20-18-10-9-17(22-23(16)18)21-15-7-2-1-3-8-15/h4-6,9-12,15H,1-3,7-8H2,(H,21,22)(H,24,25). The number of hydrogen-bond donors (Lipinski definition) is 2. The molecule has 0 saturated heterocycles. The monoisotopic (exact) mass is 336 g/mol. The Labute approximate surface area is 145 Å². The van der Waals surface area contributed by atoms with Gasteiger partial charge in [0, 0.05) is 11.6 Å². The Morgan fingerprint density at radius 3 is 2.80 bits per heavy atom. The molecule has 0 unspecified atom stereocenters. The first-order chi connectivity index (χ1) is 12.2. The molecule has 1 saturated carbocycles. The molecule has 2 N–H and O–H groups in total. The van der Waals surface area contributed by atoms with Crippen LogP contribution < -0.4 is 5.32 Å². The molecular weight excluding hydrogens is 316 g/mol. The summed E-state index contributed by atoms with van der Waals surface area (Å²) in [5.41, 5.74) is 2.56. The van der Waals surface area contributed by atoms with Gasteiger partial charge in [-0.25, -0.2) is 14.3 Å². The SMILES string of the molecule is O=C(O)c1cccc(-c2cnc3ccc(NC4CCCCC4)nn23)c1. The van der Waals surface area contributed by atoms with Gasteiger partial charge in [-0.3, -0.25) is 0 Å². The molecular formula is C19H20N4O2. The molecule has 6 heteroatoms. The van der Waals surface area contributed by atoms with E-state index in [1.54, 1.807) is 28.9 Å². The fraction of sp³-hybridized carbons (Fsp3) is 0.316. The second kappa shape index (κ2) is 6.55. The van der Waals surface area contributed by atoms with Gasteiger partial charge >= 0.3 is 5.97 Å². The molecule has 1 aliphatic rings. The summed E-state index contributed by atoms with van der Waals surface area (Å²) in [4.78, 5) is 15.6. The van der Waals surface area contributed by atoms with Crippen LogP contribution in [0.5, 0.6) is 0 Å². The van der Waals surface area contributed by atoms with Gasteiger partial charge in [-0.2, -0.15) is 0 Å². The third kappa shape index (κ3) is 3.20. The minimum Gasteiger partial charge on any atom is -0.478 e. The average Bonchev–Trinajstić information content (AvgIpc) is 3.06. The summed E-state index contributed by atoms with van der Waals surface area (Å²) in [5, 5.41) is 17.4. The van der Waals surface area contributed by atoms with Gasteiger partial charge in [-0.05, 0) is 37.1 Å². The number of carbonyl (C=O) groups is 1. The second-order valence-corrected chi connectivity index (χ2v) is 6.50. The van der Waals surface area contributed by atoms with E-state index in [1.165, 1.54) is 32.1 Å². The van der Waals surface area contributed by atoms with E-state index in [-0.39, 0.29) is 5.56 Å². The van der Waals surface area contributed by atoms with Crippen LogP contribution in [0.2, 0.25) is 0 Å². The molecule has 0 aliphatic heterocycles. The summed E-state index contributed by atoms with van der Waals surface area (Å²) in [7, 11) is 0. The topological polar surface area (TPSA) is 79.5 Å². The van der Waals surface area contributed by atoms with Crippen LogP contribution in [0.15, 0.2) is 42.6 Å². The molecule has 3 aromatic rings. The van der Waals surface area contributed by atoms with Crippen molar-refractivity contribution >= 4 is 17.4 Å². The predicted molar refractivity (Wildman–Crippen MR) is 95.9 cm³/mol. The number of carboxylic acid groups (broad SMARTS) is 1. The maximum absolute atomic E-state index is 11.2. The normalized spacial score (nSPS) is 15.4. The van der Waals surface area contributed by atoms with E-state index < -0.39 is 5.97 Å². The number of nitrogens with one attached hydrogen (secondary N) is 1. The molecule has 1 aromatic carbocycles. The third-order valence-corrected chi connectivity index (χ3v) is 4.72. The lowest BCUT2D eigenvalue weighted by atomic mass is 9.95. The van der Waals surface area contributed by atoms with Crippen molar-refractivity contribution < 1.29 is 9.90 Å². The van der Waals surface area contributed by atoms with E-state index in [0.717, 1.165) is 22.7 Å². The fourth-order valence-electron chi connectivity index (χ4n) is 3.41. The summed E-state index contributed by atoms with van der Waals surface area (Å²) in [6.07, 6.45) is 7.93. The molecule has 2 aromatic heterocycles. The summed E-state index contributed by atoms with van der Waals surface area (Å²) in [6, 6.07) is 11.2. The largest absolute Gasteiger partial charge is 0.478 e. The Balaban J connectivity index is 1.69. The summed E-state index contributed by atoms with van der Waals surface area (Å²) in [6.45, 7) is 0. The van der Waals surface area contributed by atoms with Crippen LogP contribution in [0, 0.1) is 0 Å². The van der Waals surface area contributed by atoms with E-state index in [2.05, 4.69) is 15.4 Å². The Hall–Kier alpha value is -2.89. The number of imidazole rings is 1. The summed E-state index contributed by atoms with van der Waals surface area (Å²) in [5.74, 6) is -0.115. The summed E-state index contributed by atoms with van der Waals surface area (Å²) >= 11 is 0. The van der Waals surface area contributed by atoms with E-state index in [9.17, 15) is 9.90 Å². The van der Waals surface area contributed by atoms with Gasteiger partial charge < -0.3 is 10.4 Å². The fourth-order valence-corrected chi connectivity index (χ4v) is 3.41. The number of aromatic nitrogens is 3. The molecule has 0 bridgehead atoms. The van der Waals surface area contributed by atoms with Gasteiger partial charge in [-0.1, -0.05) is 31.4 Å². The van der Waals surface area contributed by atoms with Crippen LogP contribution in [0.1, 0.15) is 42.5 Å². The van der Waals surface area contributed by atoms with E-state index in [0.29, 0.717) is 6.04 Å². The maximum atomic E-state index is 11.2. The number of carboxylic acids is 1. The highest BCUT2D eigenvalue weighted by molar-refractivity contribution is 5.89. The first-order valence-corrected chi connectivity index (χ1v) is 8.66. The van der Waals surface area contributed by atoms with Crippen molar-refractivity contribution in [3.63, 3.8) is 0 Å². The zero-order valence-electron chi connectivity index (χ0n) is 13.9. The first kappa shape index (κ1) is 15.6. The minimum absolute atomic E-state index is 0.254. The van der Waals surface area contributed by atoms with Crippen LogP contribution in [0.4, 0.5) is 5.82 Å². The number of aromatic carboxylic acids is 1. The van der Waals surface area contributed by atoms with Crippen molar-refractivity contribution in [1.29, 1.82) is 0 Å². The number of anilines is 1.